The zero-order chi connectivity index (χ0) is 13.3. The molecule has 0 rings (SSSR count). The molecule has 0 spiro atoms. The molecule has 0 saturated carbocycles. The lowest BCUT2D eigenvalue weighted by Crippen LogP contribution is -2.22. The summed E-state index contributed by atoms with van der Waals surface area (Å²) in [6.45, 7) is 1.52. The number of hydrogen-bond acceptors (Lipinski definition) is 2. The SMILES string of the molecule is C#CCCP(=O)(CCC#C)C(C#CC)C(=O)O. The summed E-state index contributed by atoms with van der Waals surface area (Å²) < 4.78 is 12.6. The standard InChI is InChI=1S/C13H15O3P/c1-4-7-10-17(16,11-8-5-2)12(9-6-3)13(14)15/h1-2,12H,7-8,10-11H2,3H3,(H,14,15). The molecule has 1 unspecified atom stereocenters. The van der Waals surface area contributed by atoms with Gasteiger partial charge in [-0.05, 0) is 6.92 Å². The highest BCUT2D eigenvalue weighted by Crippen LogP contribution is 2.51. The predicted molar refractivity (Wildman–Crippen MR) is 69.1 cm³/mol. The molecular weight excluding hydrogens is 235 g/mol. The first-order chi connectivity index (χ1) is 8.01. The summed E-state index contributed by atoms with van der Waals surface area (Å²) in [7, 11) is -2.99. The molecule has 0 aliphatic rings. The van der Waals surface area contributed by atoms with Crippen molar-refractivity contribution in [3.8, 4) is 36.5 Å². The van der Waals surface area contributed by atoms with Gasteiger partial charge < -0.3 is 9.67 Å². The molecule has 0 saturated heterocycles. The Labute approximate surface area is 102 Å². The van der Waals surface area contributed by atoms with E-state index in [4.69, 9.17) is 18.0 Å². The van der Waals surface area contributed by atoms with E-state index in [1.54, 1.807) is 0 Å². The molecule has 0 bridgehead atoms. The Bertz CT molecular complexity index is 432. The molecule has 0 aromatic heterocycles. The lowest BCUT2D eigenvalue weighted by molar-refractivity contribution is -0.135. The number of carboxylic acid groups (broad SMARTS) is 1. The van der Waals surface area contributed by atoms with Crippen LogP contribution in [0.5, 0.6) is 0 Å². The Morgan fingerprint density at radius 1 is 1.29 bits per heavy atom. The van der Waals surface area contributed by atoms with Gasteiger partial charge in [0, 0.05) is 25.2 Å². The highest BCUT2D eigenvalue weighted by molar-refractivity contribution is 7.65. The minimum absolute atomic E-state index is 0.177. The number of rotatable bonds is 6. The molecular formula is C13H15O3P. The Hall–Kier alpha value is -1.62. The molecule has 0 heterocycles. The molecule has 0 radical (unpaired) electrons. The zero-order valence-corrected chi connectivity index (χ0v) is 10.7. The van der Waals surface area contributed by atoms with Crippen LogP contribution in [0.2, 0.25) is 0 Å². The predicted octanol–water partition coefficient (Wildman–Crippen LogP) is 1.87. The molecule has 1 atom stereocenters. The minimum Gasteiger partial charge on any atom is -0.480 e. The molecule has 0 aliphatic carbocycles. The van der Waals surface area contributed by atoms with Crippen LogP contribution < -0.4 is 0 Å². The fourth-order valence-corrected chi connectivity index (χ4v) is 3.92. The van der Waals surface area contributed by atoms with E-state index in [0.29, 0.717) is 0 Å². The van der Waals surface area contributed by atoms with Crippen LogP contribution >= 0.6 is 7.14 Å². The monoisotopic (exact) mass is 250 g/mol. The van der Waals surface area contributed by atoms with Crippen LogP contribution in [0.25, 0.3) is 0 Å². The van der Waals surface area contributed by atoms with E-state index in [0.717, 1.165) is 0 Å². The zero-order valence-electron chi connectivity index (χ0n) is 9.77. The van der Waals surface area contributed by atoms with Crippen molar-refractivity contribution in [2.45, 2.75) is 25.4 Å². The van der Waals surface area contributed by atoms with Crippen molar-refractivity contribution in [1.82, 2.24) is 0 Å². The Balaban J connectivity index is 5.17. The molecule has 90 valence electrons. The van der Waals surface area contributed by atoms with E-state index < -0.39 is 18.8 Å². The average molecular weight is 250 g/mol. The van der Waals surface area contributed by atoms with Crippen molar-refractivity contribution < 1.29 is 14.5 Å². The first kappa shape index (κ1) is 15.4. The molecule has 0 fully saturated rings. The topological polar surface area (TPSA) is 54.4 Å². The van der Waals surface area contributed by atoms with Crippen molar-refractivity contribution in [3.05, 3.63) is 0 Å². The number of carboxylic acids is 1. The second kappa shape index (κ2) is 7.62. The molecule has 0 aliphatic heterocycles. The molecule has 3 nitrogen and oxygen atoms in total. The maximum absolute atomic E-state index is 12.6. The fourth-order valence-electron chi connectivity index (χ4n) is 1.39. The van der Waals surface area contributed by atoms with Crippen LogP contribution in [-0.4, -0.2) is 29.1 Å². The lowest BCUT2D eigenvalue weighted by atomic mass is 10.4. The summed E-state index contributed by atoms with van der Waals surface area (Å²) in [4.78, 5) is 11.1. The fraction of sp³-hybridized carbons (Fsp3) is 0.462. The third kappa shape index (κ3) is 4.82. The number of aliphatic carboxylic acids is 1. The van der Waals surface area contributed by atoms with Crippen molar-refractivity contribution in [2.24, 2.45) is 0 Å². The summed E-state index contributed by atoms with van der Waals surface area (Å²) in [5.41, 5.74) is -1.16. The van der Waals surface area contributed by atoms with E-state index in [2.05, 4.69) is 23.7 Å². The van der Waals surface area contributed by atoms with Gasteiger partial charge in [0.05, 0.1) is 0 Å². The van der Waals surface area contributed by atoms with Crippen molar-refractivity contribution in [3.63, 3.8) is 0 Å². The third-order valence-corrected chi connectivity index (χ3v) is 5.51. The average Bonchev–Trinajstić information content (AvgIpc) is 2.30. The quantitative estimate of drug-likeness (QED) is 0.578. The van der Waals surface area contributed by atoms with Gasteiger partial charge in [-0.25, -0.2) is 0 Å². The van der Waals surface area contributed by atoms with Crippen LogP contribution in [-0.2, 0) is 9.36 Å². The summed E-state index contributed by atoms with van der Waals surface area (Å²) in [5, 5.41) is 9.06. The molecule has 0 aromatic carbocycles. The van der Waals surface area contributed by atoms with Gasteiger partial charge in [0.25, 0.3) is 0 Å². The van der Waals surface area contributed by atoms with E-state index in [-0.39, 0.29) is 25.2 Å². The summed E-state index contributed by atoms with van der Waals surface area (Å²) >= 11 is 0. The van der Waals surface area contributed by atoms with Crippen molar-refractivity contribution in [2.75, 3.05) is 12.3 Å². The van der Waals surface area contributed by atoms with E-state index in [9.17, 15) is 9.36 Å². The summed E-state index contributed by atoms with van der Waals surface area (Å²) in [5.74, 6) is 8.56. The Morgan fingerprint density at radius 2 is 1.76 bits per heavy atom. The van der Waals surface area contributed by atoms with Gasteiger partial charge in [-0.2, -0.15) is 0 Å². The molecule has 0 aromatic rings. The third-order valence-electron chi connectivity index (χ3n) is 2.25. The number of carbonyl (C=O) groups is 1. The summed E-state index contributed by atoms with van der Waals surface area (Å²) in [6, 6.07) is 0. The van der Waals surface area contributed by atoms with Gasteiger partial charge in [-0.15, -0.1) is 30.6 Å². The van der Waals surface area contributed by atoms with Gasteiger partial charge in [0.2, 0.25) is 0 Å². The van der Waals surface area contributed by atoms with E-state index >= 15 is 0 Å². The number of terminal acetylenes is 2. The Kier molecular flexibility index (Phi) is 6.89. The van der Waals surface area contributed by atoms with E-state index in [1.807, 2.05) is 0 Å². The largest absolute Gasteiger partial charge is 0.480 e. The lowest BCUT2D eigenvalue weighted by Gasteiger charge is -2.19. The minimum atomic E-state index is -2.99. The van der Waals surface area contributed by atoms with Gasteiger partial charge in [0.15, 0.2) is 5.66 Å². The van der Waals surface area contributed by atoms with Crippen LogP contribution in [0.3, 0.4) is 0 Å². The van der Waals surface area contributed by atoms with Crippen molar-refractivity contribution >= 4 is 13.1 Å². The maximum Gasteiger partial charge on any atom is 0.326 e. The van der Waals surface area contributed by atoms with Gasteiger partial charge in [0.1, 0.15) is 7.14 Å². The Morgan fingerprint density at radius 3 is 2.06 bits per heavy atom. The summed E-state index contributed by atoms with van der Waals surface area (Å²) in [6.07, 6.45) is 11.1. The smallest absolute Gasteiger partial charge is 0.326 e. The first-order valence-corrected chi connectivity index (χ1v) is 7.26. The normalized spacial score (nSPS) is 11.5. The van der Waals surface area contributed by atoms with Gasteiger partial charge in [-0.1, -0.05) is 5.92 Å². The molecule has 4 heteroatoms. The number of hydrogen-bond donors (Lipinski definition) is 1. The molecule has 0 amide bonds. The van der Waals surface area contributed by atoms with Gasteiger partial charge in [-0.3, -0.25) is 4.79 Å². The van der Waals surface area contributed by atoms with Crippen LogP contribution in [0.1, 0.15) is 19.8 Å². The van der Waals surface area contributed by atoms with E-state index in [1.165, 1.54) is 6.92 Å². The highest BCUT2D eigenvalue weighted by atomic mass is 31.2. The second-order valence-electron chi connectivity index (χ2n) is 3.44. The molecule has 17 heavy (non-hydrogen) atoms. The van der Waals surface area contributed by atoms with Crippen LogP contribution in [0.4, 0.5) is 0 Å². The molecule has 1 N–H and O–H groups in total. The van der Waals surface area contributed by atoms with Gasteiger partial charge >= 0.3 is 5.97 Å². The second-order valence-corrected chi connectivity index (χ2v) is 6.76. The van der Waals surface area contributed by atoms with Crippen molar-refractivity contribution in [1.29, 1.82) is 0 Å². The first-order valence-electron chi connectivity index (χ1n) is 5.11. The van der Waals surface area contributed by atoms with Crippen LogP contribution in [0, 0.1) is 36.5 Å². The maximum atomic E-state index is 12.6. The highest BCUT2D eigenvalue weighted by Gasteiger charge is 2.36. The van der Waals surface area contributed by atoms with Crippen LogP contribution in [0.15, 0.2) is 0 Å².